The van der Waals surface area contributed by atoms with E-state index >= 15 is 0 Å². The number of nitrogens with one attached hydrogen (secondary N) is 1. The number of aromatic nitrogens is 1. The molecule has 0 spiro atoms. The third-order valence-electron chi connectivity index (χ3n) is 4.44. The molecule has 0 aliphatic carbocycles. The van der Waals surface area contributed by atoms with Crippen LogP contribution < -0.4 is 14.8 Å². The monoisotopic (exact) mass is 442 g/mol. The van der Waals surface area contributed by atoms with Gasteiger partial charge in [-0.3, -0.25) is 4.79 Å². The lowest BCUT2D eigenvalue weighted by Crippen LogP contribution is -2.13. The van der Waals surface area contributed by atoms with Gasteiger partial charge >= 0.3 is 0 Å². The van der Waals surface area contributed by atoms with Crippen molar-refractivity contribution in [2.45, 2.75) is 0 Å². The first-order chi connectivity index (χ1) is 14.5. The van der Waals surface area contributed by atoms with Crippen LogP contribution in [0.5, 0.6) is 11.5 Å². The zero-order valence-corrected chi connectivity index (χ0v) is 17.5. The Hall–Kier alpha value is -3.22. The molecule has 8 heteroatoms. The number of ether oxygens (including phenoxy) is 2. The summed E-state index contributed by atoms with van der Waals surface area (Å²) in [5, 5.41) is 3.41. The Labute approximate surface area is 182 Å². The van der Waals surface area contributed by atoms with Gasteiger partial charge in [0.2, 0.25) is 5.89 Å². The summed E-state index contributed by atoms with van der Waals surface area (Å²) < 4.78 is 16.2. The first kappa shape index (κ1) is 20.1. The van der Waals surface area contributed by atoms with Crippen molar-refractivity contribution in [3.63, 3.8) is 0 Å². The van der Waals surface area contributed by atoms with Gasteiger partial charge in [-0.15, -0.1) is 0 Å². The maximum Gasteiger partial charge on any atom is 0.259 e. The lowest BCUT2D eigenvalue weighted by Gasteiger charge is -2.11. The van der Waals surface area contributed by atoms with Crippen LogP contribution in [-0.2, 0) is 0 Å². The van der Waals surface area contributed by atoms with E-state index in [4.69, 9.17) is 37.1 Å². The highest BCUT2D eigenvalue weighted by atomic mass is 35.5. The second kappa shape index (κ2) is 8.26. The Morgan fingerprint density at radius 2 is 1.77 bits per heavy atom. The molecule has 0 radical (unpaired) electrons. The molecule has 1 aromatic heterocycles. The topological polar surface area (TPSA) is 73.6 Å². The van der Waals surface area contributed by atoms with E-state index in [9.17, 15) is 4.79 Å². The maximum atomic E-state index is 12.7. The number of benzene rings is 3. The SMILES string of the molecule is COc1ccc2oc(-c3ccc(NC(=O)c4cc(Cl)cc(Cl)c4OC)cc3)nc2c1. The number of oxazole rings is 1. The van der Waals surface area contributed by atoms with Crippen molar-refractivity contribution in [2.75, 3.05) is 19.5 Å². The van der Waals surface area contributed by atoms with Crippen LogP contribution in [0.3, 0.4) is 0 Å². The lowest BCUT2D eigenvalue weighted by atomic mass is 10.1. The Morgan fingerprint density at radius 1 is 1.00 bits per heavy atom. The smallest absolute Gasteiger partial charge is 0.259 e. The van der Waals surface area contributed by atoms with Crippen LogP contribution in [-0.4, -0.2) is 25.1 Å². The molecule has 4 rings (SSSR count). The minimum Gasteiger partial charge on any atom is -0.497 e. The van der Waals surface area contributed by atoms with Gasteiger partial charge in [0.05, 0.1) is 24.8 Å². The molecule has 0 unspecified atom stereocenters. The maximum absolute atomic E-state index is 12.7. The van der Waals surface area contributed by atoms with E-state index < -0.39 is 5.91 Å². The summed E-state index contributed by atoms with van der Waals surface area (Å²) in [6.07, 6.45) is 0. The molecule has 0 fully saturated rings. The summed E-state index contributed by atoms with van der Waals surface area (Å²) in [4.78, 5) is 17.2. The molecule has 1 heterocycles. The third-order valence-corrected chi connectivity index (χ3v) is 4.94. The number of fused-ring (bicyclic) bond motifs is 1. The molecule has 0 atom stereocenters. The molecular weight excluding hydrogens is 427 g/mol. The summed E-state index contributed by atoms with van der Waals surface area (Å²) in [5.74, 6) is 1.05. The van der Waals surface area contributed by atoms with Gasteiger partial charge in [0.25, 0.3) is 5.91 Å². The van der Waals surface area contributed by atoms with Gasteiger partial charge in [-0.25, -0.2) is 4.98 Å². The second-order valence-corrected chi connectivity index (χ2v) is 7.20. The van der Waals surface area contributed by atoms with Crippen molar-refractivity contribution in [3.8, 4) is 23.0 Å². The van der Waals surface area contributed by atoms with Gasteiger partial charge in [-0.1, -0.05) is 23.2 Å². The average molecular weight is 443 g/mol. The molecule has 1 N–H and O–H groups in total. The number of hydrogen-bond donors (Lipinski definition) is 1. The van der Waals surface area contributed by atoms with Crippen LogP contribution >= 0.6 is 23.2 Å². The Balaban J connectivity index is 1.56. The number of methoxy groups -OCH3 is 2. The fourth-order valence-electron chi connectivity index (χ4n) is 2.99. The van der Waals surface area contributed by atoms with E-state index in [0.717, 1.165) is 5.56 Å². The van der Waals surface area contributed by atoms with Crippen LogP contribution in [0.2, 0.25) is 10.0 Å². The van der Waals surface area contributed by atoms with Gasteiger partial charge in [0.1, 0.15) is 17.0 Å². The quantitative estimate of drug-likeness (QED) is 0.405. The number of halogens is 2. The number of carbonyl (C=O) groups is 1. The number of anilines is 1. The molecule has 1 amide bonds. The molecule has 30 heavy (non-hydrogen) atoms. The first-order valence-corrected chi connectivity index (χ1v) is 9.63. The first-order valence-electron chi connectivity index (χ1n) is 8.88. The summed E-state index contributed by atoms with van der Waals surface area (Å²) in [6, 6.07) is 15.6. The molecule has 6 nitrogen and oxygen atoms in total. The van der Waals surface area contributed by atoms with Gasteiger partial charge in [-0.2, -0.15) is 0 Å². The normalized spacial score (nSPS) is 10.8. The minimum absolute atomic E-state index is 0.243. The third kappa shape index (κ3) is 3.92. The Kier molecular flexibility index (Phi) is 5.53. The van der Waals surface area contributed by atoms with Crippen LogP contribution in [0.25, 0.3) is 22.6 Å². The Morgan fingerprint density at radius 3 is 2.47 bits per heavy atom. The number of hydrogen-bond acceptors (Lipinski definition) is 5. The van der Waals surface area contributed by atoms with E-state index in [1.165, 1.54) is 19.2 Å². The molecule has 0 saturated carbocycles. The van der Waals surface area contributed by atoms with Gasteiger partial charge in [-0.05, 0) is 48.5 Å². The standard InChI is InChI=1S/C22H16Cl2N2O4/c1-28-15-7-8-19-18(11-15)26-22(30-19)12-3-5-14(6-4-12)25-21(27)16-9-13(23)10-17(24)20(16)29-2/h3-11H,1-2H3,(H,25,27). The summed E-state index contributed by atoms with van der Waals surface area (Å²) in [7, 11) is 3.04. The van der Waals surface area contributed by atoms with Crippen LogP contribution in [0, 0.1) is 0 Å². The Bertz CT molecular complexity index is 1240. The minimum atomic E-state index is -0.391. The number of amides is 1. The van der Waals surface area contributed by atoms with Crippen molar-refractivity contribution in [1.29, 1.82) is 0 Å². The summed E-state index contributed by atoms with van der Waals surface area (Å²) >= 11 is 12.1. The van der Waals surface area contributed by atoms with Crippen molar-refractivity contribution >= 4 is 45.9 Å². The van der Waals surface area contributed by atoms with Gasteiger partial charge < -0.3 is 19.2 Å². The van der Waals surface area contributed by atoms with E-state index in [1.54, 1.807) is 37.4 Å². The van der Waals surface area contributed by atoms with Crippen molar-refractivity contribution in [1.82, 2.24) is 4.98 Å². The van der Waals surface area contributed by atoms with Crippen molar-refractivity contribution < 1.29 is 18.7 Å². The van der Waals surface area contributed by atoms with Gasteiger partial charge in [0.15, 0.2) is 5.58 Å². The predicted octanol–water partition coefficient (Wildman–Crippen LogP) is 6.07. The van der Waals surface area contributed by atoms with Gasteiger partial charge in [0, 0.05) is 22.3 Å². The van der Waals surface area contributed by atoms with Crippen molar-refractivity contribution in [2.24, 2.45) is 0 Å². The zero-order chi connectivity index (χ0) is 21.3. The van der Waals surface area contributed by atoms with E-state index in [-0.39, 0.29) is 16.3 Å². The summed E-state index contributed by atoms with van der Waals surface area (Å²) in [6.45, 7) is 0. The molecule has 0 bridgehead atoms. The van der Waals surface area contributed by atoms with E-state index in [0.29, 0.717) is 33.4 Å². The van der Waals surface area contributed by atoms with Crippen LogP contribution in [0.15, 0.2) is 59.0 Å². The summed E-state index contributed by atoms with van der Waals surface area (Å²) in [5.41, 5.74) is 2.96. The molecule has 0 aliphatic rings. The highest BCUT2D eigenvalue weighted by Gasteiger charge is 2.17. The molecule has 4 aromatic rings. The lowest BCUT2D eigenvalue weighted by molar-refractivity contribution is 0.102. The van der Waals surface area contributed by atoms with E-state index in [1.807, 2.05) is 12.1 Å². The molecule has 0 saturated heterocycles. The van der Waals surface area contributed by atoms with Crippen LogP contribution in [0.1, 0.15) is 10.4 Å². The fourth-order valence-corrected chi connectivity index (χ4v) is 3.56. The zero-order valence-electron chi connectivity index (χ0n) is 16.0. The molecule has 0 aliphatic heterocycles. The van der Waals surface area contributed by atoms with Crippen LogP contribution in [0.4, 0.5) is 5.69 Å². The second-order valence-electron chi connectivity index (χ2n) is 6.35. The number of carbonyl (C=O) groups excluding carboxylic acids is 1. The highest BCUT2D eigenvalue weighted by molar-refractivity contribution is 6.36. The van der Waals surface area contributed by atoms with Crippen molar-refractivity contribution in [3.05, 3.63) is 70.2 Å². The average Bonchev–Trinajstić information content (AvgIpc) is 3.17. The van der Waals surface area contributed by atoms with E-state index in [2.05, 4.69) is 10.3 Å². The fraction of sp³-hybridized carbons (Fsp3) is 0.0909. The number of nitrogens with zero attached hydrogens (tertiary/aromatic N) is 1. The predicted molar refractivity (Wildman–Crippen MR) is 117 cm³/mol. The number of rotatable bonds is 5. The highest BCUT2D eigenvalue weighted by Crippen LogP contribution is 2.33. The molecular formula is C22H16Cl2N2O4. The molecule has 3 aromatic carbocycles. The largest absolute Gasteiger partial charge is 0.497 e. The molecule has 152 valence electrons.